The zero-order valence-corrected chi connectivity index (χ0v) is 16.0. The minimum Gasteiger partial charge on any atom is -0.322 e. The topological polar surface area (TPSA) is 63.2 Å². The second-order valence-electron chi connectivity index (χ2n) is 6.32. The number of benzene rings is 3. The largest absolute Gasteiger partial charge is 0.322 e. The van der Waals surface area contributed by atoms with Crippen LogP contribution >= 0.6 is 11.8 Å². The van der Waals surface area contributed by atoms with Crippen molar-refractivity contribution in [3.05, 3.63) is 94.5 Å². The van der Waals surface area contributed by atoms with Crippen LogP contribution in [-0.2, 0) is 0 Å². The molecule has 0 aromatic heterocycles. The molecule has 0 saturated heterocycles. The van der Waals surface area contributed by atoms with E-state index in [1.54, 1.807) is 48.5 Å². The highest BCUT2D eigenvalue weighted by Gasteiger charge is 2.33. The first-order valence-electron chi connectivity index (χ1n) is 8.96. The molecule has 1 aliphatic carbocycles. The van der Waals surface area contributed by atoms with Gasteiger partial charge in [-0.25, -0.2) is 0 Å². The van der Waals surface area contributed by atoms with Crippen molar-refractivity contribution in [2.75, 3.05) is 11.1 Å². The van der Waals surface area contributed by atoms with E-state index in [0.717, 1.165) is 0 Å². The van der Waals surface area contributed by atoms with Gasteiger partial charge in [-0.05, 0) is 30.0 Å². The van der Waals surface area contributed by atoms with E-state index in [-0.39, 0.29) is 17.5 Å². The van der Waals surface area contributed by atoms with Crippen molar-refractivity contribution in [1.82, 2.24) is 0 Å². The first-order valence-corrected chi connectivity index (χ1v) is 9.95. The van der Waals surface area contributed by atoms with E-state index >= 15 is 0 Å². The third-order valence-electron chi connectivity index (χ3n) is 4.61. The Kier molecular flexibility index (Phi) is 4.84. The van der Waals surface area contributed by atoms with E-state index in [4.69, 9.17) is 0 Å². The maximum atomic E-state index is 13.2. The molecule has 0 atom stereocenters. The van der Waals surface area contributed by atoms with Gasteiger partial charge in [0.1, 0.15) is 0 Å². The molecule has 0 spiro atoms. The Bertz CT molecular complexity index is 1110. The van der Waals surface area contributed by atoms with Crippen LogP contribution in [0.3, 0.4) is 0 Å². The lowest BCUT2D eigenvalue weighted by Crippen LogP contribution is -2.24. The van der Waals surface area contributed by atoms with Gasteiger partial charge in [0.2, 0.25) is 0 Å². The predicted molar refractivity (Wildman–Crippen MR) is 111 cm³/mol. The number of amides is 1. The molecule has 1 amide bonds. The van der Waals surface area contributed by atoms with E-state index in [2.05, 4.69) is 5.32 Å². The summed E-state index contributed by atoms with van der Waals surface area (Å²) >= 11 is 1.40. The summed E-state index contributed by atoms with van der Waals surface area (Å²) < 4.78 is 0. The molecule has 138 valence electrons. The molecular weight excluding hydrogens is 370 g/mol. The van der Waals surface area contributed by atoms with Crippen molar-refractivity contribution in [2.45, 2.75) is 11.8 Å². The summed E-state index contributed by atoms with van der Waals surface area (Å²) in [5, 5.41) is 2.86. The lowest BCUT2D eigenvalue weighted by atomic mass is 9.83. The number of hydrogen-bond donors (Lipinski definition) is 1. The summed E-state index contributed by atoms with van der Waals surface area (Å²) in [6.07, 6.45) is 0. The van der Waals surface area contributed by atoms with Crippen LogP contribution in [0.15, 0.2) is 71.6 Å². The Hall–Kier alpha value is -3.18. The third kappa shape index (κ3) is 3.04. The fourth-order valence-corrected chi connectivity index (χ4v) is 4.30. The van der Waals surface area contributed by atoms with Gasteiger partial charge in [-0.15, -0.1) is 11.8 Å². The van der Waals surface area contributed by atoms with Gasteiger partial charge in [-0.2, -0.15) is 0 Å². The second-order valence-corrected chi connectivity index (χ2v) is 7.60. The lowest BCUT2D eigenvalue weighted by Gasteiger charge is -2.21. The zero-order valence-electron chi connectivity index (χ0n) is 15.2. The van der Waals surface area contributed by atoms with Crippen LogP contribution < -0.4 is 5.32 Å². The summed E-state index contributed by atoms with van der Waals surface area (Å²) in [6, 6.07) is 19.2. The van der Waals surface area contributed by atoms with Crippen molar-refractivity contribution in [1.29, 1.82) is 0 Å². The summed E-state index contributed by atoms with van der Waals surface area (Å²) in [6.45, 7) is 1.95. The molecule has 0 fully saturated rings. The zero-order chi connectivity index (χ0) is 19.7. The van der Waals surface area contributed by atoms with E-state index < -0.39 is 0 Å². The monoisotopic (exact) mass is 387 g/mol. The van der Waals surface area contributed by atoms with Crippen molar-refractivity contribution >= 4 is 34.9 Å². The van der Waals surface area contributed by atoms with Gasteiger partial charge in [-0.3, -0.25) is 14.4 Å². The average molecular weight is 387 g/mol. The summed E-state index contributed by atoms with van der Waals surface area (Å²) in [5.41, 5.74) is 2.56. The van der Waals surface area contributed by atoms with Gasteiger partial charge in [0.15, 0.2) is 11.6 Å². The molecule has 3 aromatic carbocycles. The molecule has 0 unspecified atom stereocenters. The van der Waals surface area contributed by atoms with Crippen LogP contribution in [0.25, 0.3) is 0 Å². The number of carbonyl (C=O) groups is 3. The third-order valence-corrected chi connectivity index (χ3v) is 5.61. The highest BCUT2D eigenvalue weighted by atomic mass is 32.2. The fraction of sp³-hybridized carbons (Fsp3) is 0.0870. The Morgan fingerprint density at radius 3 is 2.14 bits per heavy atom. The number of fused-ring (bicyclic) bond motifs is 2. The molecule has 28 heavy (non-hydrogen) atoms. The van der Waals surface area contributed by atoms with Gasteiger partial charge < -0.3 is 5.32 Å². The number of para-hydroxylation sites is 1. The number of anilines is 1. The molecule has 5 heteroatoms. The predicted octanol–water partition coefficient (Wildman–Crippen LogP) is 4.83. The Morgan fingerprint density at radius 2 is 1.46 bits per heavy atom. The molecule has 0 aliphatic heterocycles. The Balaban J connectivity index is 1.83. The van der Waals surface area contributed by atoms with E-state index in [0.29, 0.717) is 44.2 Å². The van der Waals surface area contributed by atoms with Gasteiger partial charge in [0.05, 0.1) is 5.56 Å². The summed E-state index contributed by atoms with van der Waals surface area (Å²) in [5.74, 6) is -0.0247. The van der Waals surface area contributed by atoms with Gasteiger partial charge >= 0.3 is 0 Å². The minimum absolute atomic E-state index is 0.182. The standard InChI is InChI=1S/C23H17NO3S/c1-2-28-22-18(23(27)24-14-8-4-3-5-9-14)13-12-17-19(22)21(26)16-11-7-6-10-15(16)20(17)25/h3-13H,2H2,1H3,(H,24,27). The number of rotatable bonds is 4. The lowest BCUT2D eigenvalue weighted by molar-refractivity contribution is 0.0975. The van der Waals surface area contributed by atoms with E-state index in [9.17, 15) is 14.4 Å². The second kappa shape index (κ2) is 7.44. The molecule has 1 N–H and O–H groups in total. The molecule has 0 heterocycles. The number of carbonyl (C=O) groups excluding carboxylic acids is 3. The quantitative estimate of drug-likeness (QED) is 0.510. The van der Waals surface area contributed by atoms with E-state index in [1.807, 2.05) is 25.1 Å². The first-order chi connectivity index (χ1) is 13.6. The minimum atomic E-state index is -0.302. The molecule has 0 bridgehead atoms. The number of hydrogen-bond acceptors (Lipinski definition) is 4. The van der Waals surface area contributed by atoms with Gasteiger partial charge in [-0.1, -0.05) is 49.4 Å². The molecule has 4 nitrogen and oxygen atoms in total. The van der Waals surface area contributed by atoms with Crippen LogP contribution in [0.1, 0.15) is 49.1 Å². The Labute approximate surface area is 167 Å². The normalized spacial score (nSPS) is 12.3. The van der Waals surface area contributed by atoms with Crippen LogP contribution in [0.5, 0.6) is 0 Å². The molecule has 3 aromatic rings. The van der Waals surface area contributed by atoms with Gasteiger partial charge in [0, 0.05) is 32.8 Å². The summed E-state index contributed by atoms with van der Waals surface area (Å²) in [7, 11) is 0. The fourth-order valence-electron chi connectivity index (χ4n) is 3.35. The van der Waals surface area contributed by atoms with Crippen molar-refractivity contribution < 1.29 is 14.4 Å². The van der Waals surface area contributed by atoms with Gasteiger partial charge in [0.25, 0.3) is 5.91 Å². The van der Waals surface area contributed by atoms with Crippen LogP contribution in [0, 0.1) is 0 Å². The first kappa shape index (κ1) is 18.2. The molecule has 1 aliphatic rings. The maximum Gasteiger partial charge on any atom is 0.256 e. The van der Waals surface area contributed by atoms with Crippen molar-refractivity contribution in [2.24, 2.45) is 0 Å². The highest BCUT2D eigenvalue weighted by molar-refractivity contribution is 7.99. The molecule has 4 rings (SSSR count). The van der Waals surface area contributed by atoms with Crippen molar-refractivity contribution in [3.8, 4) is 0 Å². The van der Waals surface area contributed by atoms with E-state index in [1.165, 1.54) is 11.8 Å². The smallest absolute Gasteiger partial charge is 0.256 e. The molecule has 0 saturated carbocycles. The average Bonchev–Trinajstić information content (AvgIpc) is 2.72. The maximum absolute atomic E-state index is 13.2. The van der Waals surface area contributed by atoms with Crippen LogP contribution in [0.2, 0.25) is 0 Å². The number of thioether (sulfide) groups is 1. The summed E-state index contributed by atoms with van der Waals surface area (Å²) in [4.78, 5) is 39.6. The van der Waals surface area contributed by atoms with Crippen LogP contribution in [0.4, 0.5) is 5.69 Å². The molecular formula is C23H17NO3S. The highest BCUT2D eigenvalue weighted by Crippen LogP contribution is 2.36. The van der Waals surface area contributed by atoms with Crippen molar-refractivity contribution in [3.63, 3.8) is 0 Å². The number of ketones is 2. The molecule has 0 radical (unpaired) electrons. The Morgan fingerprint density at radius 1 is 0.821 bits per heavy atom. The van der Waals surface area contributed by atoms with Crippen LogP contribution in [-0.4, -0.2) is 23.2 Å². The SMILES string of the molecule is CCSc1c(C(=O)Nc2ccccc2)ccc2c1C(=O)c1ccccc1C2=O. The number of nitrogens with one attached hydrogen (secondary N) is 1.